The minimum atomic E-state index is -0.289. The Bertz CT molecular complexity index is 363. The molecule has 88 valence electrons. The number of hydrogen-bond acceptors (Lipinski definition) is 2. The van der Waals surface area contributed by atoms with Gasteiger partial charge in [-0.3, -0.25) is 0 Å². The van der Waals surface area contributed by atoms with Crippen LogP contribution >= 0.6 is 0 Å². The SMILES string of the molecule is C=C(CC)COc1cc(F)cc(CCN)c1. The Balaban J connectivity index is 2.68. The first kappa shape index (κ1) is 12.7. The first-order valence-corrected chi connectivity index (χ1v) is 5.44. The van der Waals surface area contributed by atoms with Crippen LogP contribution in [0.15, 0.2) is 30.4 Å². The Morgan fingerprint density at radius 2 is 2.19 bits per heavy atom. The van der Waals surface area contributed by atoms with E-state index in [1.807, 2.05) is 13.0 Å². The average Bonchev–Trinajstić information content (AvgIpc) is 2.25. The van der Waals surface area contributed by atoms with Crippen LogP contribution in [0.5, 0.6) is 5.75 Å². The van der Waals surface area contributed by atoms with Gasteiger partial charge in [0, 0.05) is 6.07 Å². The molecule has 2 nitrogen and oxygen atoms in total. The summed E-state index contributed by atoms with van der Waals surface area (Å²) in [6, 6.07) is 4.68. The van der Waals surface area contributed by atoms with Crippen LogP contribution in [0.3, 0.4) is 0 Å². The first-order chi connectivity index (χ1) is 7.65. The number of benzene rings is 1. The molecule has 3 heteroatoms. The van der Waals surface area contributed by atoms with E-state index in [0.29, 0.717) is 25.3 Å². The molecule has 0 aromatic heterocycles. The molecular weight excluding hydrogens is 205 g/mol. The third-order valence-electron chi connectivity index (χ3n) is 2.31. The zero-order valence-corrected chi connectivity index (χ0v) is 9.63. The van der Waals surface area contributed by atoms with Crippen LogP contribution in [-0.4, -0.2) is 13.2 Å². The van der Waals surface area contributed by atoms with Crippen LogP contribution in [0.25, 0.3) is 0 Å². The third-order valence-corrected chi connectivity index (χ3v) is 2.31. The molecule has 0 fully saturated rings. The molecule has 0 atom stereocenters. The number of halogens is 1. The summed E-state index contributed by atoms with van der Waals surface area (Å²) < 4.78 is 18.7. The second kappa shape index (κ2) is 6.28. The zero-order chi connectivity index (χ0) is 12.0. The molecule has 2 N–H and O–H groups in total. The molecule has 0 aliphatic heterocycles. The quantitative estimate of drug-likeness (QED) is 0.752. The van der Waals surface area contributed by atoms with Crippen molar-refractivity contribution in [2.45, 2.75) is 19.8 Å². The summed E-state index contributed by atoms with van der Waals surface area (Å²) in [6.45, 7) is 6.78. The van der Waals surface area contributed by atoms with Crippen LogP contribution in [-0.2, 0) is 6.42 Å². The molecule has 16 heavy (non-hydrogen) atoms. The van der Waals surface area contributed by atoms with Gasteiger partial charge in [-0.2, -0.15) is 0 Å². The maximum absolute atomic E-state index is 13.2. The molecule has 0 aliphatic carbocycles. The van der Waals surface area contributed by atoms with E-state index in [0.717, 1.165) is 17.6 Å². The van der Waals surface area contributed by atoms with Gasteiger partial charge in [0.1, 0.15) is 18.2 Å². The van der Waals surface area contributed by atoms with E-state index in [4.69, 9.17) is 10.5 Å². The molecule has 0 radical (unpaired) electrons. The highest BCUT2D eigenvalue weighted by molar-refractivity contribution is 5.30. The molecule has 0 saturated heterocycles. The van der Waals surface area contributed by atoms with Crippen molar-refractivity contribution in [1.29, 1.82) is 0 Å². The molecule has 0 spiro atoms. The lowest BCUT2D eigenvalue weighted by molar-refractivity contribution is 0.346. The van der Waals surface area contributed by atoms with E-state index in [2.05, 4.69) is 6.58 Å². The predicted molar refractivity (Wildman–Crippen MR) is 64.1 cm³/mol. The summed E-state index contributed by atoms with van der Waals surface area (Å²) in [5.41, 5.74) is 7.28. The highest BCUT2D eigenvalue weighted by Gasteiger charge is 2.02. The lowest BCUT2D eigenvalue weighted by atomic mass is 10.1. The van der Waals surface area contributed by atoms with Gasteiger partial charge >= 0.3 is 0 Å². The number of hydrogen-bond donors (Lipinski definition) is 1. The van der Waals surface area contributed by atoms with E-state index in [1.54, 1.807) is 0 Å². The van der Waals surface area contributed by atoms with E-state index < -0.39 is 0 Å². The Morgan fingerprint density at radius 3 is 2.81 bits per heavy atom. The summed E-state index contributed by atoms with van der Waals surface area (Å²) >= 11 is 0. The Kier molecular flexibility index (Phi) is 4.99. The minimum absolute atomic E-state index is 0.289. The maximum atomic E-state index is 13.2. The largest absolute Gasteiger partial charge is 0.489 e. The van der Waals surface area contributed by atoms with Gasteiger partial charge in [-0.05, 0) is 42.7 Å². The second-order valence-corrected chi connectivity index (χ2v) is 3.73. The van der Waals surface area contributed by atoms with Gasteiger partial charge in [-0.25, -0.2) is 4.39 Å². The van der Waals surface area contributed by atoms with Crippen molar-refractivity contribution in [2.24, 2.45) is 5.73 Å². The number of nitrogens with two attached hydrogens (primary N) is 1. The molecule has 1 rings (SSSR count). The molecule has 0 heterocycles. The Labute approximate surface area is 95.9 Å². The fourth-order valence-corrected chi connectivity index (χ4v) is 1.30. The van der Waals surface area contributed by atoms with Gasteiger partial charge in [0.15, 0.2) is 0 Å². The lowest BCUT2D eigenvalue weighted by Gasteiger charge is -2.09. The van der Waals surface area contributed by atoms with Crippen LogP contribution < -0.4 is 10.5 Å². The smallest absolute Gasteiger partial charge is 0.127 e. The third kappa shape index (κ3) is 4.03. The van der Waals surface area contributed by atoms with Crippen molar-refractivity contribution in [3.8, 4) is 5.75 Å². The van der Waals surface area contributed by atoms with Crippen molar-refractivity contribution >= 4 is 0 Å². The summed E-state index contributed by atoms with van der Waals surface area (Å²) in [5, 5.41) is 0. The first-order valence-electron chi connectivity index (χ1n) is 5.44. The summed E-state index contributed by atoms with van der Waals surface area (Å²) in [4.78, 5) is 0. The van der Waals surface area contributed by atoms with Gasteiger partial charge in [-0.1, -0.05) is 13.5 Å². The van der Waals surface area contributed by atoms with Crippen molar-refractivity contribution in [3.05, 3.63) is 41.7 Å². The number of rotatable bonds is 6. The minimum Gasteiger partial charge on any atom is -0.489 e. The topological polar surface area (TPSA) is 35.2 Å². The van der Waals surface area contributed by atoms with Gasteiger partial charge in [0.25, 0.3) is 0 Å². The van der Waals surface area contributed by atoms with Gasteiger partial charge < -0.3 is 10.5 Å². The molecular formula is C13H18FNO. The van der Waals surface area contributed by atoms with Crippen molar-refractivity contribution in [3.63, 3.8) is 0 Å². The van der Waals surface area contributed by atoms with Crippen LogP contribution in [0.4, 0.5) is 4.39 Å². The van der Waals surface area contributed by atoms with E-state index in [1.165, 1.54) is 12.1 Å². The molecule has 0 saturated carbocycles. The molecule has 0 unspecified atom stereocenters. The van der Waals surface area contributed by atoms with Gasteiger partial charge in [0.05, 0.1) is 0 Å². The fraction of sp³-hybridized carbons (Fsp3) is 0.385. The maximum Gasteiger partial charge on any atom is 0.127 e. The monoisotopic (exact) mass is 223 g/mol. The highest BCUT2D eigenvalue weighted by atomic mass is 19.1. The second-order valence-electron chi connectivity index (χ2n) is 3.73. The molecule has 1 aromatic rings. The Hall–Kier alpha value is -1.35. The normalized spacial score (nSPS) is 10.2. The van der Waals surface area contributed by atoms with E-state index >= 15 is 0 Å². The van der Waals surface area contributed by atoms with E-state index in [-0.39, 0.29) is 5.82 Å². The summed E-state index contributed by atoms with van der Waals surface area (Å²) in [7, 11) is 0. The predicted octanol–water partition coefficient (Wildman–Crippen LogP) is 2.67. The van der Waals surface area contributed by atoms with Gasteiger partial charge in [0.2, 0.25) is 0 Å². The highest BCUT2D eigenvalue weighted by Crippen LogP contribution is 2.17. The van der Waals surface area contributed by atoms with Crippen molar-refractivity contribution < 1.29 is 9.13 Å². The Morgan fingerprint density at radius 1 is 1.44 bits per heavy atom. The van der Waals surface area contributed by atoms with Crippen LogP contribution in [0, 0.1) is 5.82 Å². The molecule has 0 bridgehead atoms. The van der Waals surface area contributed by atoms with Crippen LogP contribution in [0.1, 0.15) is 18.9 Å². The standard InChI is InChI=1S/C13H18FNO/c1-3-10(2)9-16-13-7-11(4-5-15)6-12(14)8-13/h6-8H,2-5,9,15H2,1H3. The number of ether oxygens (including phenoxy) is 1. The lowest BCUT2D eigenvalue weighted by Crippen LogP contribution is -2.04. The molecule has 1 aromatic carbocycles. The molecule has 0 amide bonds. The zero-order valence-electron chi connectivity index (χ0n) is 9.63. The van der Waals surface area contributed by atoms with Gasteiger partial charge in [-0.15, -0.1) is 0 Å². The van der Waals surface area contributed by atoms with Crippen molar-refractivity contribution in [2.75, 3.05) is 13.2 Å². The van der Waals surface area contributed by atoms with E-state index in [9.17, 15) is 4.39 Å². The average molecular weight is 223 g/mol. The molecule has 0 aliphatic rings. The van der Waals surface area contributed by atoms with Crippen molar-refractivity contribution in [1.82, 2.24) is 0 Å². The fourth-order valence-electron chi connectivity index (χ4n) is 1.30. The summed E-state index contributed by atoms with van der Waals surface area (Å²) in [5.74, 6) is 0.251. The summed E-state index contributed by atoms with van der Waals surface area (Å²) in [6.07, 6.45) is 1.52. The van der Waals surface area contributed by atoms with Crippen LogP contribution in [0.2, 0.25) is 0 Å².